The molecule has 0 N–H and O–H groups in total. The molecule has 3 aliphatic rings. The van der Waals surface area contributed by atoms with Crippen molar-refractivity contribution in [1.29, 1.82) is 0 Å². The lowest BCUT2D eigenvalue weighted by atomic mass is 9.69. The van der Waals surface area contributed by atoms with E-state index in [2.05, 4.69) is 9.88 Å². The van der Waals surface area contributed by atoms with Crippen molar-refractivity contribution in [2.45, 2.75) is 76.5 Å². The standard InChI is InChI=1S/C22H35N3O3S/c1-16-20(29-17(2)23-16)21(26)24-11-7-18(8-12-24)25-15-19(28-14-13-27-3)22(25)9-5-4-6-10-22/h18-19H,4-15H2,1-3H3. The topological polar surface area (TPSA) is 54.9 Å². The maximum Gasteiger partial charge on any atom is 0.265 e. The first kappa shape index (κ1) is 21.2. The van der Waals surface area contributed by atoms with Crippen LogP contribution in [-0.2, 0) is 9.47 Å². The molecule has 162 valence electrons. The molecule has 0 bridgehead atoms. The molecule has 4 rings (SSSR count). The first-order valence-electron chi connectivity index (χ1n) is 11.2. The van der Waals surface area contributed by atoms with Gasteiger partial charge in [0.25, 0.3) is 5.91 Å². The van der Waals surface area contributed by atoms with Crippen LogP contribution < -0.4 is 0 Å². The summed E-state index contributed by atoms with van der Waals surface area (Å²) < 4.78 is 11.4. The van der Waals surface area contributed by atoms with E-state index in [1.165, 1.54) is 43.4 Å². The molecule has 0 aromatic carbocycles. The van der Waals surface area contributed by atoms with Crippen LogP contribution in [0.3, 0.4) is 0 Å². The van der Waals surface area contributed by atoms with E-state index >= 15 is 0 Å². The zero-order valence-corrected chi connectivity index (χ0v) is 18.9. The van der Waals surface area contributed by atoms with Crippen LogP contribution in [0.25, 0.3) is 0 Å². The van der Waals surface area contributed by atoms with E-state index in [-0.39, 0.29) is 11.4 Å². The lowest BCUT2D eigenvalue weighted by Crippen LogP contribution is -2.75. The fourth-order valence-corrected chi connectivity index (χ4v) is 6.51. The molecule has 29 heavy (non-hydrogen) atoms. The molecular formula is C22H35N3O3S. The molecule has 1 amide bonds. The number of piperidine rings is 1. The Balaban J connectivity index is 1.36. The molecule has 1 aromatic heterocycles. The van der Waals surface area contributed by atoms with Gasteiger partial charge in [-0.15, -0.1) is 11.3 Å². The molecule has 1 spiro atoms. The molecule has 6 nitrogen and oxygen atoms in total. The van der Waals surface area contributed by atoms with Crippen LogP contribution in [0, 0.1) is 13.8 Å². The van der Waals surface area contributed by atoms with Gasteiger partial charge in [0, 0.05) is 38.3 Å². The Morgan fingerprint density at radius 1 is 1.17 bits per heavy atom. The minimum atomic E-state index is 0.170. The highest BCUT2D eigenvalue weighted by atomic mass is 32.1. The second kappa shape index (κ2) is 9.00. The number of carbonyl (C=O) groups excluding carboxylic acids is 1. The van der Waals surface area contributed by atoms with Gasteiger partial charge in [0.1, 0.15) is 4.88 Å². The highest BCUT2D eigenvalue weighted by Crippen LogP contribution is 2.47. The van der Waals surface area contributed by atoms with Crippen LogP contribution in [-0.4, -0.2) is 78.3 Å². The number of thiazole rings is 1. The van der Waals surface area contributed by atoms with E-state index in [1.807, 2.05) is 18.7 Å². The Bertz CT molecular complexity index is 708. The van der Waals surface area contributed by atoms with Gasteiger partial charge in [-0.1, -0.05) is 19.3 Å². The van der Waals surface area contributed by atoms with Crippen LogP contribution in [0.2, 0.25) is 0 Å². The van der Waals surface area contributed by atoms with E-state index in [1.54, 1.807) is 7.11 Å². The number of carbonyl (C=O) groups is 1. The number of amides is 1. The number of ether oxygens (including phenoxy) is 2. The maximum atomic E-state index is 12.9. The summed E-state index contributed by atoms with van der Waals surface area (Å²) in [6.07, 6.45) is 8.95. The van der Waals surface area contributed by atoms with E-state index in [9.17, 15) is 4.79 Å². The summed E-state index contributed by atoms with van der Waals surface area (Å²) in [5.41, 5.74) is 1.10. The molecule has 7 heteroatoms. The summed E-state index contributed by atoms with van der Waals surface area (Å²) in [5, 5.41) is 0.972. The molecule has 1 aromatic rings. The normalized spacial score (nSPS) is 25.3. The Morgan fingerprint density at radius 2 is 1.90 bits per heavy atom. The quantitative estimate of drug-likeness (QED) is 0.659. The van der Waals surface area contributed by atoms with Crippen molar-refractivity contribution in [3.63, 3.8) is 0 Å². The Hall–Kier alpha value is -1.02. The molecule has 1 atom stereocenters. The van der Waals surface area contributed by atoms with E-state index in [0.29, 0.717) is 25.4 Å². The first-order chi connectivity index (χ1) is 14.0. The molecule has 2 saturated heterocycles. The lowest BCUT2D eigenvalue weighted by molar-refractivity contribution is -0.203. The highest BCUT2D eigenvalue weighted by molar-refractivity contribution is 7.13. The van der Waals surface area contributed by atoms with Crippen molar-refractivity contribution >= 4 is 17.2 Å². The third-order valence-corrected chi connectivity index (χ3v) is 8.21. The number of hydrogen-bond acceptors (Lipinski definition) is 6. The molecule has 2 aliphatic heterocycles. The second-order valence-corrected chi connectivity index (χ2v) is 10.0. The fourth-order valence-electron chi connectivity index (χ4n) is 5.62. The molecule has 1 unspecified atom stereocenters. The smallest absolute Gasteiger partial charge is 0.265 e. The number of aryl methyl sites for hydroxylation is 2. The summed E-state index contributed by atoms with van der Waals surface area (Å²) in [5.74, 6) is 0.170. The second-order valence-electron chi connectivity index (χ2n) is 8.84. The Kier molecular flexibility index (Phi) is 6.59. The highest BCUT2D eigenvalue weighted by Gasteiger charge is 2.56. The zero-order valence-electron chi connectivity index (χ0n) is 18.1. The van der Waals surface area contributed by atoms with Crippen LogP contribution in [0.15, 0.2) is 0 Å². The van der Waals surface area contributed by atoms with Gasteiger partial charge >= 0.3 is 0 Å². The van der Waals surface area contributed by atoms with Crippen molar-refractivity contribution in [3.05, 3.63) is 15.6 Å². The number of rotatable bonds is 6. The summed E-state index contributed by atoms with van der Waals surface area (Å²) in [6.45, 7) is 8.01. The largest absolute Gasteiger partial charge is 0.382 e. The van der Waals surface area contributed by atoms with Gasteiger partial charge in [-0.2, -0.15) is 0 Å². The van der Waals surface area contributed by atoms with Crippen molar-refractivity contribution in [2.24, 2.45) is 0 Å². The van der Waals surface area contributed by atoms with Gasteiger partial charge in [0.05, 0.1) is 30.0 Å². The Labute approximate surface area is 178 Å². The summed E-state index contributed by atoms with van der Waals surface area (Å²) in [4.78, 5) is 23.0. The molecule has 1 aliphatic carbocycles. The van der Waals surface area contributed by atoms with Gasteiger partial charge in [-0.3, -0.25) is 9.69 Å². The average molecular weight is 422 g/mol. The lowest BCUT2D eigenvalue weighted by Gasteiger charge is -2.63. The number of nitrogens with zero attached hydrogens (tertiary/aromatic N) is 3. The molecule has 1 saturated carbocycles. The molecule has 0 radical (unpaired) electrons. The third-order valence-electron chi connectivity index (χ3n) is 7.15. The van der Waals surface area contributed by atoms with Crippen LogP contribution >= 0.6 is 11.3 Å². The number of hydrogen-bond donors (Lipinski definition) is 0. The molecule has 3 fully saturated rings. The Morgan fingerprint density at radius 3 is 2.52 bits per heavy atom. The van der Waals surface area contributed by atoms with Crippen LogP contribution in [0.1, 0.15) is 65.3 Å². The van der Waals surface area contributed by atoms with E-state index in [0.717, 1.165) is 48.1 Å². The van der Waals surface area contributed by atoms with Gasteiger partial charge in [-0.05, 0) is 39.5 Å². The van der Waals surface area contributed by atoms with Gasteiger partial charge in [0.2, 0.25) is 0 Å². The third kappa shape index (κ3) is 4.11. The molecule has 3 heterocycles. The number of aromatic nitrogens is 1. The summed E-state index contributed by atoms with van der Waals surface area (Å²) >= 11 is 1.53. The van der Waals surface area contributed by atoms with Crippen LogP contribution in [0.4, 0.5) is 0 Å². The number of likely N-dealkylation sites (tertiary alicyclic amines) is 2. The maximum absolute atomic E-state index is 12.9. The monoisotopic (exact) mass is 421 g/mol. The minimum Gasteiger partial charge on any atom is -0.382 e. The predicted octanol–water partition coefficient (Wildman–Crippen LogP) is 3.41. The number of methoxy groups -OCH3 is 1. The van der Waals surface area contributed by atoms with Crippen LogP contribution in [0.5, 0.6) is 0 Å². The van der Waals surface area contributed by atoms with Crippen molar-refractivity contribution in [2.75, 3.05) is 40.0 Å². The van der Waals surface area contributed by atoms with Gasteiger partial charge in [0.15, 0.2) is 0 Å². The van der Waals surface area contributed by atoms with Crippen molar-refractivity contribution < 1.29 is 14.3 Å². The first-order valence-corrected chi connectivity index (χ1v) is 12.0. The fraction of sp³-hybridized carbons (Fsp3) is 0.818. The molecular weight excluding hydrogens is 386 g/mol. The van der Waals surface area contributed by atoms with Crippen molar-refractivity contribution in [3.8, 4) is 0 Å². The SMILES string of the molecule is COCCOC1CN(C2CCN(C(=O)c3sc(C)nc3C)CC2)C12CCCCC2. The summed E-state index contributed by atoms with van der Waals surface area (Å²) in [7, 11) is 1.73. The van der Waals surface area contributed by atoms with Gasteiger partial charge < -0.3 is 14.4 Å². The van der Waals surface area contributed by atoms with Gasteiger partial charge in [-0.25, -0.2) is 4.98 Å². The average Bonchev–Trinajstić information content (AvgIpc) is 3.08. The van der Waals surface area contributed by atoms with Crippen molar-refractivity contribution in [1.82, 2.24) is 14.8 Å². The van der Waals surface area contributed by atoms with E-state index < -0.39 is 0 Å². The zero-order chi connectivity index (χ0) is 20.4. The minimum absolute atomic E-state index is 0.170. The predicted molar refractivity (Wildman–Crippen MR) is 115 cm³/mol. The summed E-state index contributed by atoms with van der Waals surface area (Å²) in [6, 6.07) is 0.573. The van der Waals surface area contributed by atoms with E-state index in [4.69, 9.17) is 9.47 Å².